The lowest BCUT2D eigenvalue weighted by atomic mass is 9.99. The van der Waals surface area contributed by atoms with Crippen molar-refractivity contribution in [1.29, 1.82) is 0 Å². The van der Waals surface area contributed by atoms with Crippen molar-refractivity contribution in [2.45, 2.75) is 32.4 Å². The van der Waals surface area contributed by atoms with Gasteiger partial charge in [-0.15, -0.1) is 0 Å². The molecule has 0 aliphatic rings. The maximum atomic E-state index is 12.8. The van der Waals surface area contributed by atoms with Gasteiger partial charge in [0.1, 0.15) is 6.04 Å². The highest BCUT2D eigenvalue weighted by Gasteiger charge is 2.25. The van der Waals surface area contributed by atoms with E-state index in [1.54, 1.807) is 24.3 Å². The van der Waals surface area contributed by atoms with E-state index in [4.69, 9.17) is 16.3 Å². The lowest BCUT2D eigenvalue weighted by molar-refractivity contribution is -0.150. The predicted molar refractivity (Wildman–Crippen MR) is 136 cm³/mol. The first kappa shape index (κ1) is 26.0. The fourth-order valence-electron chi connectivity index (χ4n) is 3.62. The summed E-state index contributed by atoms with van der Waals surface area (Å²) in [5.41, 5.74) is 2.19. The molecule has 0 spiro atoms. The van der Waals surface area contributed by atoms with Crippen molar-refractivity contribution in [2.24, 2.45) is 5.92 Å². The number of halogens is 1. The minimum absolute atomic E-state index is 0.118. The van der Waals surface area contributed by atoms with Gasteiger partial charge in [-0.1, -0.05) is 86.1 Å². The molecule has 3 rings (SSSR count). The summed E-state index contributed by atoms with van der Waals surface area (Å²) >= 11 is 5.88. The van der Waals surface area contributed by atoms with Crippen LogP contribution < -0.4 is 10.6 Å². The molecule has 35 heavy (non-hydrogen) atoms. The van der Waals surface area contributed by atoms with E-state index in [1.807, 2.05) is 74.5 Å². The molecule has 0 aromatic heterocycles. The van der Waals surface area contributed by atoms with Crippen LogP contribution in [0.5, 0.6) is 0 Å². The van der Waals surface area contributed by atoms with Crippen molar-refractivity contribution in [3.8, 4) is 0 Å². The quantitative estimate of drug-likeness (QED) is 0.393. The standard InChI is InChI=1S/C28H29ClN2O4/c1-19(2)17-24(30-27(33)22-13-15-23(29)16-14-22)28(34)35-18-25(32)31-26(20-9-5-3-6-10-20)21-11-7-4-8-12-21/h3-16,19,24,26H,17-18H2,1-2H3,(H,30,33)(H,31,32). The SMILES string of the molecule is CC(C)CC(NC(=O)c1ccc(Cl)cc1)C(=O)OCC(=O)NC(c1ccccc1)c1ccccc1. The van der Waals surface area contributed by atoms with Gasteiger partial charge in [0.15, 0.2) is 6.61 Å². The number of nitrogens with one attached hydrogen (secondary N) is 2. The van der Waals surface area contributed by atoms with Gasteiger partial charge in [-0.3, -0.25) is 9.59 Å². The number of carbonyl (C=O) groups is 3. The molecule has 0 aliphatic heterocycles. The summed E-state index contributed by atoms with van der Waals surface area (Å²) in [5, 5.41) is 6.16. The van der Waals surface area contributed by atoms with Crippen molar-refractivity contribution < 1.29 is 19.1 Å². The number of rotatable bonds is 10. The Balaban J connectivity index is 1.64. The molecule has 0 fully saturated rings. The Bertz CT molecular complexity index is 1080. The van der Waals surface area contributed by atoms with Crippen LogP contribution in [0.1, 0.15) is 47.8 Å². The van der Waals surface area contributed by atoms with Crippen LogP contribution in [0.3, 0.4) is 0 Å². The molecule has 6 nitrogen and oxygen atoms in total. The first-order valence-electron chi connectivity index (χ1n) is 11.5. The molecule has 0 aliphatic carbocycles. The molecule has 0 bridgehead atoms. The van der Waals surface area contributed by atoms with Crippen LogP contribution in [0, 0.1) is 5.92 Å². The third-order valence-electron chi connectivity index (χ3n) is 5.32. The monoisotopic (exact) mass is 492 g/mol. The summed E-state index contributed by atoms with van der Waals surface area (Å²) in [4.78, 5) is 38.1. The summed E-state index contributed by atoms with van der Waals surface area (Å²) in [6.45, 7) is 3.41. The molecule has 3 aromatic rings. The maximum absolute atomic E-state index is 12.8. The number of ether oxygens (including phenoxy) is 1. The average molecular weight is 493 g/mol. The Morgan fingerprint density at radius 3 is 1.86 bits per heavy atom. The van der Waals surface area contributed by atoms with Crippen LogP contribution in [0.15, 0.2) is 84.9 Å². The molecule has 2 amide bonds. The van der Waals surface area contributed by atoms with Crippen LogP contribution in [0.25, 0.3) is 0 Å². The van der Waals surface area contributed by atoms with E-state index in [0.29, 0.717) is 17.0 Å². The molecular formula is C28H29ClN2O4. The van der Waals surface area contributed by atoms with Crippen LogP contribution in [-0.4, -0.2) is 30.4 Å². The molecular weight excluding hydrogens is 464 g/mol. The molecule has 0 heterocycles. The Morgan fingerprint density at radius 2 is 1.34 bits per heavy atom. The third-order valence-corrected chi connectivity index (χ3v) is 5.57. The predicted octanol–water partition coefficient (Wildman–Crippen LogP) is 4.93. The zero-order valence-electron chi connectivity index (χ0n) is 19.7. The molecule has 2 N–H and O–H groups in total. The first-order valence-corrected chi connectivity index (χ1v) is 11.8. The maximum Gasteiger partial charge on any atom is 0.329 e. The third kappa shape index (κ3) is 7.97. The van der Waals surface area contributed by atoms with Gasteiger partial charge < -0.3 is 15.4 Å². The van der Waals surface area contributed by atoms with Gasteiger partial charge in [-0.05, 0) is 47.7 Å². The van der Waals surface area contributed by atoms with Crippen molar-refractivity contribution in [1.82, 2.24) is 10.6 Å². The zero-order valence-corrected chi connectivity index (χ0v) is 20.5. The minimum atomic E-state index is -0.884. The number of hydrogen-bond acceptors (Lipinski definition) is 4. The molecule has 1 unspecified atom stereocenters. The van der Waals surface area contributed by atoms with Crippen LogP contribution >= 0.6 is 11.6 Å². The lowest BCUT2D eigenvalue weighted by Gasteiger charge is -2.21. The second kappa shape index (κ2) is 12.7. The average Bonchev–Trinajstić information content (AvgIpc) is 2.86. The van der Waals surface area contributed by atoms with Crippen molar-refractivity contribution in [2.75, 3.05) is 6.61 Å². The normalized spacial score (nSPS) is 11.7. The summed E-state index contributed by atoms with van der Waals surface area (Å²) < 4.78 is 5.31. The topological polar surface area (TPSA) is 84.5 Å². The van der Waals surface area contributed by atoms with Gasteiger partial charge in [0.2, 0.25) is 0 Å². The Morgan fingerprint density at radius 1 is 0.800 bits per heavy atom. The molecule has 0 radical (unpaired) electrons. The van der Waals surface area contributed by atoms with E-state index < -0.39 is 30.4 Å². The number of amides is 2. The van der Waals surface area contributed by atoms with Gasteiger partial charge in [0, 0.05) is 10.6 Å². The smallest absolute Gasteiger partial charge is 0.329 e. The van der Waals surface area contributed by atoms with Crippen LogP contribution in [0.2, 0.25) is 5.02 Å². The second-order valence-electron chi connectivity index (χ2n) is 8.59. The number of hydrogen-bond donors (Lipinski definition) is 2. The van der Waals surface area contributed by atoms with E-state index >= 15 is 0 Å². The fraction of sp³-hybridized carbons (Fsp3) is 0.250. The van der Waals surface area contributed by atoms with E-state index in [2.05, 4.69) is 10.6 Å². The molecule has 7 heteroatoms. The van der Waals surface area contributed by atoms with Crippen LogP contribution in [-0.2, 0) is 14.3 Å². The van der Waals surface area contributed by atoms with Crippen LogP contribution in [0.4, 0.5) is 0 Å². The summed E-state index contributed by atoms with van der Waals surface area (Å²) in [7, 11) is 0. The highest BCUT2D eigenvalue weighted by atomic mass is 35.5. The largest absolute Gasteiger partial charge is 0.454 e. The van der Waals surface area contributed by atoms with E-state index in [0.717, 1.165) is 11.1 Å². The van der Waals surface area contributed by atoms with Gasteiger partial charge in [0.05, 0.1) is 6.04 Å². The fourth-order valence-corrected chi connectivity index (χ4v) is 3.74. The Hall–Kier alpha value is -3.64. The van der Waals surface area contributed by atoms with E-state index in [1.165, 1.54) is 0 Å². The Labute approximate surface area is 210 Å². The lowest BCUT2D eigenvalue weighted by Crippen LogP contribution is -2.44. The van der Waals surface area contributed by atoms with Crippen molar-refractivity contribution in [3.05, 3.63) is 107 Å². The number of esters is 1. The summed E-state index contributed by atoms with van der Waals surface area (Å²) in [5.74, 6) is -1.40. The zero-order chi connectivity index (χ0) is 25.2. The number of carbonyl (C=O) groups excluding carboxylic acids is 3. The molecule has 1 atom stereocenters. The van der Waals surface area contributed by atoms with Crippen molar-refractivity contribution in [3.63, 3.8) is 0 Å². The first-order chi connectivity index (χ1) is 16.8. The summed E-state index contributed by atoms with van der Waals surface area (Å²) in [6, 6.07) is 24.2. The van der Waals surface area contributed by atoms with Gasteiger partial charge in [0.25, 0.3) is 11.8 Å². The molecule has 0 saturated heterocycles. The van der Waals surface area contributed by atoms with E-state index in [-0.39, 0.29) is 12.0 Å². The van der Waals surface area contributed by atoms with E-state index in [9.17, 15) is 14.4 Å². The summed E-state index contributed by atoms with van der Waals surface area (Å²) in [6.07, 6.45) is 0.371. The van der Waals surface area contributed by atoms with Gasteiger partial charge >= 0.3 is 5.97 Å². The van der Waals surface area contributed by atoms with Gasteiger partial charge in [-0.2, -0.15) is 0 Å². The molecule has 0 saturated carbocycles. The highest BCUT2D eigenvalue weighted by molar-refractivity contribution is 6.30. The van der Waals surface area contributed by atoms with Crippen molar-refractivity contribution >= 4 is 29.4 Å². The highest BCUT2D eigenvalue weighted by Crippen LogP contribution is 2.21. The minimum Gasteiger partial charge on any atom is -0.454 e. The van der Waals surface area contributed by atoms with Gasteiger partial charge in [-0.25, -0.2) is 4.79 Å². The molecule has 182 valence electrons. The second-order valence-corrected chi connectivity index (χ2v) is 9.03. The molecule has 3 aromatic carbocycles. The number of benzene rings is 3. The Kier molecular flexibility index (Phi) is 9.44.